The highest BCUT2D eigenvalue weighted by Gasteiger charge is 2.27. The van der Waals surface area contributed by atoms with Crippen molar-refractivity contribution in [2.45, 2.75) is 26.2 Å². The van der Waals surface area contributed by atoms with Gasteiger partial charge < -0.3 is 5.11 Å². The van der Waals surface area contributed by atoms with Crippen LogP contribution in [0.1, 0.15) is 37.2 Å². The Balaban J connectivity index is 2.74. The number of benzene rings is 1. The fourth-order valence-corrected chi connectivity index (χ4v) is 2.06. The van der Waals surface area contributed by atoms with Crippen LogP contribution < -0.4 is 0 Å². The van der Waals surface area contributed by atoms with E-state index in [1.165, 1.54) is 6.07 Å². The summed E-state index contributed by atoms with van der Waals surface area (Å²) in [4.78, 5) is 15.0. The zero-order chi connectivity index (χ0) is 15.9. The molecule has 1 heterocycles. The molecule has 1 aromatic heterocycles. The van der Waals surface area contributed by atoms with E-state index in [-0.39, 0.29) is 16.0 Å². The zero-order valence-electron chi connectivity index (χ0n) is 11.5. The quantitative estimate of drug-likeness (QED) is 0.835. The van der Waals surface area contributed by atoms with Crippen LogP contribution in [0.5, 0.6) is 0 Å². The van der Waals surface area contributed by atoms with Gasteiger partial charge >= 0.3 is 5.97 Å². The number of aromatic carboxylic acids is 1. The maximum absolute atomic E-state index is 14.0. The Morgan fingerprint density at radius 3 is 2.43 bits per heavy atom. The highest BCUT2D eigenvalue weighted by Crippen LogP contribution is 2.27. The molecule has 0 aliphatic heterocycles. The van der Waals surface area contributed by atoms with E-state index >= 15 is 0 Å². The topological polar surface area (TPSA) is 68.0 Å². The molecule has 1 N–H and O–H groups in total. The third-order valence-corrected chi connectivity index (χ3v) is 3.29. The predicted octanol–water partition coefficient (Wildman–Crippen LogP) is 3.30. The van der Waals surface area contributed by atoms with Gasteiger partial charge in [-0.3, -0.25) is 0 Å². The van der Waals surface area contributed by atoms with Crippen LogP contribution in [0.15, 0.2) is 16.6 Å². The molecular weight excluding hydrogens is 348 g/mol. The summed E-state index contributed by atoms with van der Waals surface area (Å²) in [5.74, 6) is -3.12. The van der Waals surface area contributed by atoms with Gasteiger partial charge in [-0.25, -0.2) is 23.2 Å². The van der Waals surface area contributed by atoms with Crippen molar-refractivity contribution in [2.75, 3.05) is 0 Å². The molecule has 2 aromatic rings. The molecule has 0 aliphatic rings. The van der Waals surface area contributed by atoms with Gasteiger partial charge in [0.25, 0.3) is 5.82 Å². The van der Waals surface area contributed by atoms with Crippen LogP contribution >= 0.6 is 15.9 Å². The van der Waals surface area contributed by atoms with E-state index < -0.39 is 28.8 Å². The molecule has 2 rings (SSSR count). The van der Waals surface area contributed by atoms with Crippen molar-refractivity contribution in [3.8, 4) is 5.69 Å². The Hall–Kier alpha value is -1.83. The Morgan fingerprint density at radius 1 is 1.29 bits per heavy atom. The molecule has 0 unspecified atom stereocenters. The molecule has 0 bridgehead atoms. The molecule has 0 radical (unpaired) electrons. The molecule has 0 aliphatic carbocycles. The maximum atomic E-state index is 14.0. The van der Waals surface area contributed by atoms with Crippen molar-refractivity contribution in [3.05, 3.63) is 39.9 Å². The van der Waals surface area contributed by atoms with Crippen LogP contribution in [0.4, 0.5) is 8.78 Å². The smallest absolute Gasteiger partial charge is 0.375 e. The number of hydrogen-bond acceptors (Lipinski definition) is 3. The van der Waals surface area contributed by atoms with Gasteiger partial charge in [-0.15, -0.1) is 5.10 Å². The predicted molar refractivity (Wildman–Crippen MR) is 74.6 cm³/mol. The number of nitrogens with zero attached hydrogens (tertiary/aromatic N) is 3. The number of halogens is 3. The van der Waals surface area contributed by atoms with Crippen molar-refractivity contribution in [1.29, 1.82) is 0 Å². The van der Waals surface area contributed by atoms with Gasteiger partial charge in [0.2, 0.25) is 0 Å². The molecular formula is C13H12BrF2N3O2. The lowest BCUT2D eigenvalue weighted by molar-refractivity contribution is 0.0683. The van der Waals surface area contributed by atoms with Gasteiger partial charge in [-0.2, -0.15) is 0 Å². The molecule has 0 saturated carbocycles. The van der Waals surface area contributed by atoms with Crippen LogP contribution in [-0.4, -0.2) is 25.8 Å². The summed E-state index contributed by atoms with van der Waals surface area (Å²) in [6.07, 6.45) is 0. The van der Waals surface area contributed by atoms with E-state index in [9.17, 15) is 13.6 Å². The molecule has 5 nitrogen and oxygen atoms in total. The molecule has 0 spiro atoms. The summed E-state index contributed by atoms with van der Waals surface area (Å²) in [5.41, 5.74) is -0.651. The van der Waals surface area contributed by atoms with Crippen LogP contribution in [0.25, 0.3) is 5.69 Å². The zero-order valence-corrected chi connectivity index (χ0v) is 13.1. The number of carbonyl (C=O) groups is 1. The summed E-state index contributed by atoms with van der Waals surface area (Å²) in [6.45, 7) is 5.36. The average molecular weight is 360 g/mol. The summed E-state index contributed by atoms with van der Waals surface area (Å²) < 4.78 is 28.4. The molecule has 112 valence electrons. The van der Waals surface area contributed by atoms with Crippen LogP contribution in [0, 0.1) is 11.6 Å². The monoisotopic (exact) mass is 359 g/mol. The summed E-state index contributed by atoms with van der Waals surface area (Å²) in [5, 5.41) is 12.8. The van der Waals surface area contributed by atoms with Crippen molar-refractivity contribution < 1.29 is 18.7 Å². The van der Waals surface area contributed by atoms with E-state index in [1.807, 2.05) is 0 Å². The fourth-order valence-electron chi connectivity index (χ4n) is 1.73. The number of aromatic nitrogens is 3. The lowest BCUT2D eigenvalue weighted by atomic mass is 9.95. The van der Waals surface area contributed by atoms with E-state index in [1.54, 1.807) is 20.8 Å². The van der Waals surface area contributed by atoms with Gasteiger partial charge in [-0.1, -0.05) is 20.8 Å². The maximum Gasteiger partial charge on any atom is 0.375 e. The second-order valence-electron chi connectivity index (χ2n) is 5.44. The third kappa shape index (κ3) is 2.94. The first-order chi connectivity index (χ1) is 9.61. The molecule has 0 saturated heterocycles. The van der Waals surface area contributed by atoms with E-state index in [0.717, 1.165) is 4.68 Å². The number of rotatable bonds is 2. The number of carboxylic acid groups (broad SMARTS) is 1. The van der Waals surface area contributed by atoms with Crippen LogP contribution in [0.3, 0.4) is 0 Å². The van der Waals surface area contributed by atoms with Crippen molar-refractivity contribution in [2.24, 2.45) is 0 Å². The highest BCUT2D eigenvalue weighted by atomic mass is 79.9. The Labute approximate surface area is 127 Å². The molecule has 8 heteroatoms. The minimum absolute atomic E-state index is 0.0473. The van der Waals surface area contributed by atoms with Crippen LogP contribution in [-0.2, 0) is 5.41 Å². The van der Waals surface area contributed by atoms with Gasteiger partial charge in [-0.05, 0) is 22.0 Å². The first-order valence-electron chi connectivity index (χ1n) is 5.97. The largest absolute Gasteiger partial charge is 0.475 e. The average Bonchev–Trinajstić information content (AvgIpc) is 2.78. The van der Waals surface area contributed by atoms with E-state index in [2.05, 4.69) is 26.0 Å². The lowest BCUT2D eigenvalue weighted by Gasteiger charge is -2.18. The van der Waals surface area contributed by atoms with Gasteiger partial charge in [0.05, 0.1) is 4.47 Å². The minimum Gasteiger partial charge on any atom is -0.475 e. The van der Waals surface area contributed by atoms with Gasteiger partial charge in [0.15, 0.2) is 5.82 Å². The van der Waals surface area contributed by atoms with Gasteiger partial charge in [0, 0.05) is 11.5 Å². The minimum atomic E-state index is -1.32. The summed E-state index contributed by atoms with van der Waals surface area (Å²) in [7, 11) is 0. The molecule has 0 atom stereocenters. The molecule has 21 heavy (non-hydrogen) atoms. The van der Waals surface area contributed by atoms with Crippen LogP contribution in [0.2, 0.25) is 0 Å². The fraction of sp³-hybridized carbons (Fsp3) is 0.308. The highest BCUT2D eigenvalue weighted by molar-refractivity contribution is 9.10. The third-order valence-electron chi connectivity index (χ3n) is 2.69. The Bertz CT molecular complexity index is 723. The first kappa shape index (κ1) is 15.6. The summed E-state index contributed by atoms with van der Waals surface area (Å²) >= 11 is 2.97. The molecule has 0 amide bonds. The van der Waals surface area contributed by atoms with Crippen molar-refractivity contribution >= 4 is 21.9 Å². The second-order valence-corrected chi connectivity index (χ2v) is 6.30. The van der Waals surface area contributed by atoms with E-state index in [4.69, 9.17) is 5.11 Å². The lowest BCUT2D eigenvalue weighted by Crippen LogP contribution is -2.19. The Kier molecular flexibility index (Phi) is 3.83. The SMILES string of the molecule is CC(C)(C)c1nc(C(=O)O)nn1-c1cc(Br)c(F)cc1F. The number of carboxylic acids is 1. The Morgan fingerprint density at radius 2 is 1.90 bits per heavy atom. The molecule has 1 aromatic carbocycles. The summed E-state index contributed by atoms with van der Waals surface area (Å²) in [6, 6.07) is 1.90. The standard InChI is InChI=1S/C13H12BrF2N3O2/c1-13(2,3)12-17-10(11(20)21)18-19(12)9-4-6(14)7(15)5-8(9)16/h4-5H,1-3H3,(H,20,21). The van der Waals surface area contributed by atoms with Crippen molar-refractivity contribution in [3.63, 3.8) is 0 Å². The van der Waals surface area contributed by atoms with E-state index in [0.29, 0.717) is 6.07 Å². The normalized spacial score (nSPS) is 11.7. The van der Waals surface area contributed by atoms with Gasteiger partial charge in [0.1, 0.15) is 17.3 Å². The number of hydrogen-bond donors (Lipinski definition) is 1. The first-order valence-corrected chi connectivity index (χ1v) is 6.76. The molecule has 0 fully saturated rings. The van der Waals surface area contributed by atoms with Crippen molar-refractivity contribution in [1.82, 2.24) is 14.8 Å². The second kappa shape index (κ2) is 5.18.